The molecular weight excluding hydrogens is 227 g/mol. The highest BCUT2D eigenvalue weighted by molar-refractivity contribution is 5.84. The zero-order chi connectivity index (χ0) is 12.5. The van der Waals surface area contributed by atoms with Gasteiger partial charge in [0.25, 0.3) is 0 Å². The Morgan fingerprint density at radius 1 is 1.39 bits per heavy atom. The van der Waals surface area contributed by atoms with Crippen molar-refractivity contribution >= 4 is 10.9 Å². The number of halogens is 1. The normalized spacial score (nSPS) is 20.4. The predicted molar refractivity (Wildman–Crippen MR) is 72.2 cm³/mol. The van der Waals surface area contributed by atoms with Gasteiger partial charge in [-0.05, 0) is 49.6 Å². The van der Waals surface area contributed by atoms with E-state index in [4.69, 9.17) is 0 Å². The molecule has 1 fully saturated rings. The van der Waals surface area contributed by atoms with E-state index < -0.39 is 0 Å². The molecular formula is C15H19FN2. The summed E-state index contributed by atoms with van der Waals surface area (Å²) >= 11 is 0. The summed E-state index contributed by atoms with van der Waals surface area (Å²) in [7, 11) is 2.03. The quantitative estimate of drug-likeness (QED) is 0.862. The summed E-state index contributed by atoms with van der Waals surface area (Å²) in [4.78, 5) is 0. The van der Waals surface area contributed by atoms with Crippen molar-refractivity contribution in [2.45, 2.75) is 31.7 Å². The number of piperidine rings is 1. The maximum Gasteiger partial charge on any atom is 0.123 e. The van der Waals surface area contributed by atoms with Gasteiger partial charge in [0, 0.05) is 30.2 Å². The van der Waals surface area contributed by atoms with Crippen LogP contribution in [0.1, 0.15) is 24.8 Å². The molecule has 2 nitrogen and oxygen atoms in total. The number of hydrogen-bond donors (Lipinski definition) is 1. The summed E-state index contributed by atoms with van der Waals surface area (Å²) in [5.41, 5.74) is 2.37. The zero-order valence-electron chi connectivity index (χ0n) is 10.7. The molecule has 2 aromatic rings. The smallest absolute Gasteiger partial charge is 0.123 e. The molecule has 3 heteroatoms. The van der Waals surface area contributed by atoms with E-state index in [2.05, 4.69) is 16.1 Å². The molecule has 1 atom stereocenters. The molecule has 1 unspecified atom stereocenters. The van der Waals surface area contributed by atoms with Crippen LogP contribution < -0.4 is 5.32 Å². The van der Waals surface area contributed by atoms with E-state index in [-0.39, 0.29) is 5.82 Å². The number of benzene rings is 1. The Kier molecular flexibility index (Phi) is 3.08. The predicted octanol–water partition coefficient (Wildman–Crippen LogP) is 3.00. The zero-order valence-corrected chi connectivity index (χ0v) is 10.7. The minimum atomic E-state index is -0.147. The van der Waals surface area contributed by atoms with Gasteiger partial charge >= 0.3 is 0 Å². The van der Waals surface area contributed by atoms with Crippen molar-refractivity contribution in [2.75, 3.05) is 6.54 Å². The average Bonchev–Trinajstić information content (AvgIpc) is 2.67. The van der Waals surface area contributed by atoms with Crippen LogP contribution in [0.4, 0.5) is 4.39 Å². The minimum Gasteiger partial charge on any atom is -0.350 e. The second-order valence-corrected chi connectivity index (χ2v) is 5.28. The van der Waals surface area contributed by atoms with Gasteiger partial charge in [-0.15, -0.1) is 0 Å². The molecule has 18 heavy (non-hydrogen) atoms. The van der Waals surface area contributed by atoms with Crippen molar-refractivity contribution in [3.63, 3.8) is 0 Å². The number of fused-ring (bicyclic) bond motifs is 1. The van der Waals surface area contributed by atoms with Gasteiger partial charge in [-0.1, -0.05) is 6.42 Å². The second kappa shape index (κ2) is 4.73. The molecule has 0 bridgehead atoms. The third kappa shape index (κ3) is 2.15. The highest BCUT2D eigenvalue weighted by atomic mass is 19.1. The molecule has 0 saturated carbocycles. The molecule has 96 valence electrons. The average molecular weight is 246 g/mol. The number of aromatic nitrogens is 1. The van der Waals surface area contributed by atoms with E-state index in [0.29, 0.717) is 6.04 Å². The highest BCUT2D eigenvalue weighted by Gasteiger charge is 2.16. The van der Waals surface area contributed by atoms with E-state index >= 15 is 0 Å². The van der Waals surface area contributed by atoms with Crippen LogP contribution in [0.5, 0.6) is 0 Å². The number of nitrogens with zero attached hydrogens (tertiary/aromatic N) is 1. The number of hydrogen-bond acceptors (Lipinski definition) is 1. The third-order valence-corrected chi connectivity index (χ3v) is 3.91. The van der Waals surface area contributed by atoms with E-state index in [9.17, 15) is 4.39 Å². The van der Waals surface area contributed by atoms with Crippen LogP contribution in [0.15, 0.2) is 24.4 Å². The fourth-order valence-electron chi connectivity index (χ4n) is 2.97. The molecule has 0 aliphatic carbocycles. The van der Waals surface area contributed by atoms with Gasteiger partial charge in [0.15, 0.2) is 0 Å². The van der Waals surface area contributed by atoms with Gasteiger partial charge < -0.3 is 9.88 Å². The van der Waals surface area contributed by atoms with Crippen molar-refractivity contribution in [1.82, 2.24) is 9.88 Å². The molecule has 2 heterocycles. The highest BCUT2D eigenvalue weighted by Crippen LogP contribution is 2.24. The van der Waals surface area contributed by atoms with Gasteiger partial charge in [-0.3, -0.25) is 0 Å². The molecule has 1 aliphatic rings. The summed E-state index contributed by atoms with van der Waals surface area (Å²) in [6.45, 7) is 1.11. The second-order valence-electron chi connectivity index (χ2n) is 5.28. The van der Waals surface area contributed by atoms with Crippen LogP contribution in [0.25, 0.3) is 10.9 Å². The first-order valence-electron chi connectivity index (χ1n) is 6.71. The van der Waals surface area contributed by atoms with E-state index in [0.717, 1.165) is 23.9 Å². The van der Waals surface area contributed by atoms with Crippen molar-refractivity contribution in [3.05, 3.63) is 35.8 Å². The Balaban J connectivity index is 1.93. The first-order chi connectivity index (χ1) is 8.74. The van der Waals surface area contributed by atoms with Crippen LogP contribution in [0, 0.1) is 5.82 Å². The van der Waals surface area contributed by atoms with Crippen LogP contribution in [-0.4, -0.2) is 17.2 Å². The molecule has 0 spiro atoms. The van der Waals surface area contributed by atoms with E-state index in [1.54, 1.807) is 6.07 Å². The van der Waals surface area contributed by atoms with Crippen molar-refractivity contribution in [3.8, 4) is 0 Å². The Hall–Kier alpha value is -1.35. The lowest BCUT2D eigenvalue weighted by Crippen LogP contribution is -2.35. The molecule has 1 saturated heterocycles. The van der Waals surface area contributed by atoms with E-state index in [1.807, 2.05) is 13.1 Å². The summed E-state index contributed by atoms with van der Waals surface area (Å²) in [6.07, 6.45) is 6.95. The van der Waals surface area contributed by atoms with Crippen LogP contribution in [0.3, 0.4) is 0 Å². The Morgan fingerprint density at radius 3 is 3.06 bits per heavy atom. The molecule has 0 radical (unpaired) electrons. The Morgan fingerprint density at radius 2 is 2.28 bits per heavy atom. The summed E-state index contributed by atoms with van der Waals surface area (Å²) < 4.78 is 15.5. The van der Waals surface area contributed by atoms with Gasteiger partial charge in [0.2, 0.25) is 0 Å². The van der Waals surface area contributed by atoms with Crippen LogP contribution >= 0.6 is 0 Å². The molecule has 1 aromatic carbocycles. The third-order valence-electron chi connectivity index (χ3n) is 3.91. The lowest BCUT2D eigenvalue weighted by molar-refractivity contribution is 0.400. The fourth-order valence-corrected chi connectivity index (χ4v) is 2.97. The minimum absolute atomic E-state index is 0.147. The SMILES string of the molecule is Cn1cc(CC2CCCCN2)c2cc(F)ccc21. The Bertz CT molecular complexity index is 553. The molecule has 0 amide bonds. The number of aryl methyl sites for hydroxylation is 1. The Labute approximate surface area is 107 Å². The number of nitrogens with one attached hydrogen (secondary N) is 1. The molecule has 3 rings (SSSR count). The largest absolute Gasteiger partial charge is 0.350 e. The van der Waals surface area contributed by atoms with Crippen molar-refractivity contribution in [1.29, 1.82) is 0 Å². The van der Waals surface area contributed by atoms with E-state index in [1.165, 1.54) is 30.9 Å². The maximum atomic E-state index is 13.4. The first kappa shape index (κ1) is 11.7. The lowest BCUT2D eigenvalue weighted by atomic mass is 9.97. The molecule has 1 aliphatic heterocycles. The molecule has 1 N–H and O–H groups in total. The fraction of sp³-hybridized carbons (Fsp3) is 0.467. The summed E-state index contributed by atoms with van der Waals surface area (Å²) in [6, 6.07) is 5.61. The molecule has 1 aromatic heterocycles. The maximum absolute atomic E-state index is 13.4. The lowest BCUT2D eigenvalue weighted by Gasteiger charge is -2.23. The van der Waals surface area contributed by atoms with Crippen molar-refractivity contribution in [2.24, 2.45) is 7.05 Å². The standard InChI is InChI=1S/C15H19FN2/c1-18-10-11(8-13-4-2-3-7-17-13)14-9-12(16)5-6-15(14)18/h5-6,9-10,13,17H,2-4,7-8H2,1H3. The van der Waals surface area contributed by atoms with Crippen LogP contribution in [-0.2, 0) is 13.5 Å². The topological polar surface area (TPSA) is 17.0 Å². The van der Waals surface area contributed by atoms with Gasteiger partial charge in [-0.2, -0.15) is 0 Å². The van der Waals surface area contributed by atoms with Gasteiger partial charge in [0.05, 0.1) is 0 Å². The summed E-state index contributed by atoms with van der Waals surface area (Å²) in [5.74, 6) is -0.147. The number of rotatable bonds is 2. The van der Waals surface area contributed by atoms with Crippen molar-refractivity contribution < 1.29 is 4.39 Å². The van der Waals surface area contributed by atoms with Gasteiger partial charge in [-0.25, -0.2) is 4.39 Å². The first-order valence-corrected chi connectivity index (χ1v) is 6.71. The van der Waals surface area contributed by atoms with Crippen LogP contribution in [0.2, 0.25) is 0 Å². The monoisotopic (exact) mass is 246 g/mol. The summed E-state index contributed by atoms with van der Waals surface area (Å²) in [5, 5.41) is 4.61. The van der Waals surface area contributed by atoms with Gasteiger partial charge in [0.1, 0.15) is 5.82 Å².